The van der Waals surface area contributed by atoms with Crippen molar-refractivity contribution >= 4 is 39.2 Å². The molecule has 1 N–H and O–H groups in total. The molecule has 0 radical (unpaired) electrons. The second-order valence-corrected chi connectivity index (χ2v) is 5.71. The molecule has 0 aliphatic carbocycles. The van der Waals surface area contributed by atoms with E-state index in [9.17, 15) is 0 Å². The Bertz CT molecular complexity index is 870. The maximum atomic E-state index is 5.44. The Morgan fingerprint density at radius 1 is 1.10 bits per heavy atom. The van der Waals surface area contributed by atoms with Crippen molar-refractivity contribution in [3.63, 3.8) is 0 Å². The zero-order valence-corrected chi connectivity index (χ0v) is 13.9. The third-order valence-corrected chi connectivity index (χ3v) is 4.22. The third-order valence-electron chi connectivity index (χ3n) is 3.28. The smallest absolute Gasteiger partial charge is 0.182 e. The van der Waals surface area contributed by atoms with Gasteiger partial charge in [-0.3, -0.25) is 4.57 Å². The molecular weight excluding hydrogens is 352 g/mol. The predicted molar refractivity (Wildman–Crippen MR) is 89.3 cm³/mol. The fraction of sp³-hybridized carbons (Fsp3) is 0.133. The molecule has 21 heavy (non-hydrogen) atoms. The number of methoxy groups -OCH3 is 2. The topological polar surface area (TPSA) is 39.2 Å². The average Bonchev–Trinajstić information content (AvgIpc) is 2.82. The second-order valence-electron chi connectivity index (χ2n) is 4.47. The zero-order valence-electron chi connectivity index (χ0n) is 11.5. The van der Waals surface area contributed by atoms with Crippen LogP contribution in [0.1, 0.15) is 0 Å². The maximum Gasteiger partial charge on any atom is 0.182 e. The van der Waals surface area contributed by atoms with E-state index in [2.05, 4.69) is 20.9 Å². The summed E-state index contributed by atoms with van der Waals surface area (Å²) in [5, 5.41) is 0. The van der Waals surface area contributed by atoms with Gasteiger partial charge in [-0.05, 0) is 52.4 Å². The molecule has 0 aliphatic rings. The van der Waals surface area contributed by atoms with Crippen LogP contribution in [0.25, 0.3) is 16.7 Å². The van der Waals surface area contributed by atoms with Gasteiger partial charge in [-0.2, -0.15) is 0 Å². The van der Waals surface area contributed by atoms with Crippen molar-refractivity contribution in [3.05, 3.63) is 45.6 Å². The third kappa shape index (κ3) is 2.45. The number of fused-ring (bicyclic) bond motifs is 1. The number of benzene rings is 2. The molecule has 108 valence electrons. The first-order chi connectivity index (χ1) is 10.1. The van der Waals surface area contributed by atoms with Crippen LogP contribution in [0.15, 0.2) is 40.9 Å². The van der Waals surface area contributed by atoms with Crippen LogP contribution < -0.4 is 9.47 Å². The van der Waals surface area contributed by atoms with Crippen molar-refractivity contribution in [1.82, 2.24) is 9.55 Å². The van der Waals surface area contributed by atoms with Crippen molar-refractivity contribution in [1.29, 1.82) is 0 Å². The Balaban J connectivity index is 2.25. The molecular formula is C15H13BrN2O2S. The quantitative estimate of drug-likeness (QED) is 0.697. The van der Waals surface area contributed by atoms with E-state index in [4.69, 9.17) is 21.7 Å². The van der Waals surface area contributed by atoms with Gasteiger partial charge < -0.3 is 14.5 Å². The molecule has 4 nitrogen and oxygen atoms in total. The average molecular weight is 365 g/mol. The Morgan fingerprint density at radius 3 is 2.62 bits per heavy atom. The number of hydrogen-bond donors (Lipinski definition) is 1. The maximum absolute atomic E-state index is 5.44. The highest BCUT2D eigenvalue weighted by molar-refractivity contribution is 9.10. The number of aromatic amines is 1. The van der Waals surface area contributed by atoms with Crippen molar-refractivity contribution in [2.75, 3.05) is 14.2 Å². The molecule has 1 heterocycles. The molecule has 0 saturated carbocycles. The summed E-state index contributed by atoms with van der Waals surface area (Å²) in [5.74, 6) is 1.55. The second kappa shape index (κ2) is 5.54. The van der Waals surface area contributed by atoms with Gasteiger partial charge in [-0.15, -0.1) is 0 Å². The largest absolute Gasteiger partial charge is 0.497 e. The zero-order chi connectivity index (χ0) is 15.0. The van der Waals surface area contributed by atoms with Crippen LogP contribution in [-0.2, 0) is 0 Å². The van der Waals surface area contributed by atoms with Crippen LogP contribution >= 0.6 is 28.1 Å². The molecule has 0 bridgehead atoms. The number of halogens is 1. The van der Waals surface area contributed by atoms with Gasteiger partial charge in [0.25, 0.3) is 0 Å². The van der Waals surface area contributed by atoms with E-state index in [-0.39, 0.29) is 0 Å². The monoisotopic (exact) mass is 364 g/mol. The molecule has 0 amide bonds. The summed E-state index contributed by atoms with van der Waals surface area (Å²) in [5.41, 5.74) is 2.86. The summed E-state index contributed by atoms with van der Waals surface area (Å²) in [6.45, 7) is 0. The van der Waals surface area contributed by atoms with Crippen LogP contribution in [0.5, 0.6) is 11.5 Å². The van der Waals surface area contributed by atoms with Gasteiger partial charge in [0.1, 0.15) is 11.5 Å². The standard InChI is InChI=1S/C15H13BrN2O2S/c1-19-10-4-6-13-12(8-10)17-15(21)18(13)9-3-5-11(16)14(7-9)20-2/h3-8H,1-2H3,(H,17,21). The SMILES string of the molecule is COc1ccc2c(c1)[nH]c(=S)n2-c1ccc(Br)c(OC)c1. The summed E-state index contributed by atoms with van der Waals surface area (Å²) >= 11 is 8.90. The first-order valence-corrected chi connectivity index (χ1v) is 7.47. The summed E-state index contributed by atoms with van der Waals surface area (Å²) in [7, 11) is 3.29. The summed E-state index contributed by atoms with van der Waals surface area (Å²) in [6.07, 6.45) is 0. The van der Waals surface area contributed by atoms with Gasteiger partial charge in [-0.25, -0.2) is 0 Å². The number of hydrogen-bond acceptors (Lipinski definition) is 3. The van der Waals surface area contributed by atoms with Crippen molar-refractivity contribution in [2.24, 2.45) is 0 Å². The van der Waals surface area contributed by atoms with Crippen LogP contribution in [0.4, 0.5) is 0 Å². The number of H-pyrrole nitrogens is 1. The number of imidazole rings is 1. The molecule has 0 fully saturated rings. The molecule has 6 heteroatoms. The minimum Gasteiger partial charge on any atom is -0.497 e. The lowest BCUT2D eigenvalue weighted by molar-refractivity contribution is 0.412. The van der Waals surface area contributed by atoms with Crippen LogP contribution in [0, 0.1) is 4.77 Å². The summed E-state index contributed by atoms with van der Waals surface area (Å²) in [4.78, 5) is 3.20. The lowest BCUT2D eigenvalue weighted by Gasteiger charge is -2.09. The molecule has 0 spiro atoms. The minimum atomic E-state index is 0.627. The molecule has 0 unspecified atom stereocenters. The highest BCUT2D eigenvalue weighted by Crippen LogP contribution is 2.30. The first kappa shape index (κ1) is 14.2. The normalized spacial score (nSPS) is 10.8. The van der Waals surface area contributed by atoms with Crippen LogP contribution in [0.3, 0.4) is 0 Å². The number of rotatable bonds is 3. The van der Waals surface area contributed by atoms with Gasteiger partial charge in [-0.1, -0.05) is 0 Å². The molecule has 3 rings (SSSR count). The lowest BCUT2D eigenvalue weighted by atomic mass is 10.2. The van der Waals surface area contributed by atoms with Gasteiger partial charge in [0, 0.05) is 12.1 Å². The van der Waals surface area contributed by atoms with Gasteiger partial charge in [0.15, 0.2) is 4.77 Å². The Kier molecular flexibility index (Phi) is 3.73. The molecule has 3 aromatic rings. The van der Waals surface area contributed by atoms with E-state index in [0.717, 1.165) is 32.7 Å². The van der Waals surface area contributed by atoms with E-state index < -0.39 is 0 Å². The molecule has 0 atom stereocenters. The van der Waals surface area contributed by atoms with Gasteiger partial charge in [0.05, 0.1) is 35.4 Å². The molecule has 0 saturated heterocycles. The van der Waals surface area contributed by atoms with Crippen LogP contribution in [-0.4, -0.2) is 23.8 Å². The van der Waals surface area contributed by atoms with Crippen molar-refractivity contribution in [2.45, 2.75) is 0 Å². The Labute approximate surface area is 135 Å². The highest BCUT2D eigenvalue weighted by Gasteiger charge is 2.09. The highest BCUT2D eigenvalue weighted by atomic mass is 79.9. The Hall–Kier alpha value is -1.79. The fourth-order valence-corrected chi connectivity index (χ4v) is 2.98. The molecule has 1 aromatic heterocycles. The summed E-state index contributed by atoms with van der Waals surface area (Å²) in [6, 6.07) is 11.7. The fourth-order valence-electron chi connectivity index (χ4n) is 2.26. The van der Waals surface area contributed by atoms with Crippen LogP contribution in [0.2, 0.25) is 0 Å². The summed E-state index contributed by atoms with van der Waals surface area (Å²) < 4.78 is 14.1. The van der Waals surface area contributed by atoms with E-state index in [1.807, 2.05) is 41.0 Å². The Morgan fingerprint density at radius 2 is 1.90 bits per heavy atom. The minimum absolute atomic E-state index is 0.627. The van der Waals surface area contributed by atoms with Gasteiger partial charge in [0.2, 0.25) is 0 Å². The molecule has 0 aliphatic heterocycles. The number of nitrogens with zero attached hydrogens (tertiary/aromatic N) is 1. The van der Waals surface area contributed by atoms with Crippen molar-refractivity contribution < 1.29 is 9.47 Å². The van der Waals surface area contributed by atoms with Crippen molar-refractivity contribution in [3.8, 4) is 17.2 Å². The van der Waals surface area contributed by atoms with E-state index in [0.29, 0.717) is 4.77 Å². The number of ether oxygens (including phenoxy) is 2. The van der Waals surface area contributed by atoms with E-state index >= 15 is 0 Å². The predicted octanol–water partition coefficient (Wildman–Crippen LogP) is 4.47. The van der Waals surface area contributed by atoms with Gasteiger partial charge >= 0.3 is 0 Å². The van der Waals surface area contributed by atoms with E-state index in [1.54, 1.807) is 14.2 Å². The number of nitrogens with one attached hydrogen (secondary N) is 1. The first-order valence-electron chi connectivity index (χ1n) is 6.26. The molecule has 2 aromatic carbocycles. The number of aromatic nitrogens is 2. The van der Waals surface area contributed by atoms with E-state index in [1.165, 1.54) is 0 Å². The lowest BCUT2D eigenvalue weighted by Crippen LogP contribution is -1.95.